The lowest BCUT2D eigenvalue weighted by Gasteiger charge is -2.29. The molecule has 1 atom stereocenters. The molecule has 2 fully saturated rings. The molecule has 8 heteroatoms. The van der Waals surface area contributed by atoms with Gasteiger partial charge < -0.3 is 19.5 Å². The molecule has 1 N–H and O–H groups in total. The van der Waals surface area contributed by atoms with E-state index >= 15 is 0 Å². The van der Waals surface area contributed by atoms with Gasteiger partial charge in [0.1, 0.15) is 18.1 Å². The summed E-state index contributed by atoms with van der Waals surface area (Å²) in [6.07, 6.45) is 0.715. The first-order chi connectivity index (χ1) is 19.4. The summed E-state index contributed by atoms with van der Waals surface area (Å²) >= 11 is 3.47. The molecule has 2 aliphatic heterocycles. The Morgan fingerprint density at radius 1 is 1.00 bits per heavy atom. The smallest absolute Gasteiger partial charge is 0.295 e. The second kappa shape index (κ2) is 12.8. The van der Waals surface area contributed by atoms with Crippen LogP contribution in [0.1, 0.15) is 34.7 Å². The minimum absolute atomic E-state index is 0.111. The quantitative estimate of drug-likeness (QED) is 0.198. The molecule has 0 aromatic heterocycles. The third-order valence-electron chi connectivity index (χ3n) is 7.40. The summed E-state index contributed by atoms with van der Waals surface area (Å²) in [6, 6.07) is 22.1. The van der Waals surface area contributed by atoms with E-state index in [1.54, 1.807) is 17.0 Å². The normalized spacial score (nSPS) is 19.2. The van der Waals surface area contributed by atoms with Crippen LogP contribution in [-0.4, -0.2) is 66.0 Å². The van der Waals surface area contributed by atoms with Crippen LogP contribution in [0.4, 0.5) is 0 Å². The van der Waals surface area contributed by atoms with Gasteiger partial charge in [-0.15, -0.1) is 0 Å². The van der Waals surface area contributed by atoms with Gasteiger partial charge in [-0.3, -0.25) is 14.5 Å². The Labute approximate surface area is 243 Å². The summed E-state index contributed by atoms with van der Waals surface area (Å²) in [6.45, 7) is 6.63. The van der Waals surface area contributed by atoms with Crippen LogP contribution in [0.2, 0.25) is 0 Å². The minimum Gasteiger partial charge on any atom is -0.507 e. The van der Waals surface area contributed by atoms with Crippen molar-refractivity contribution < 1.29 is 24.2 Å². The molecule has 2 heterocycles. The molecular formula is C32H33BrN2O5. The van der Waals surface area contributed by atoms with Gasteiger partial charge in [-0.05, 0) is 60.4 Å². The summed E-state index contributed by atoms with van der Waals surface area (Å²) in [5, 5.41) is 11.5. The number of hydrogen-bond acceptors (Lipinski definition) is 6. The first-order valence-electron chi connectivity index (χ1n) is 13.5. The van der Waals surface area contributed by atoms with Crippen LogP contribution in [0.15, 0.2) is 82.8 Å². The second-order valence-electron chi connectivity index (χ2n) is 10.1. The summed E-state index contributed by atoms with van der Waals surface area (Å²) in [5.41, 5.74) is 3.18. The SMILES string of the molecule is Cc1cc(OCc2ccccc2)ccc1C(O)=C1C(=O)C(=O)N(CCCN2CCOCC2)C1c1ccc(Br)cc1. The van der Waals surface area contributed by atoms with Crippen molar-refractivity contribution in [1.82, 2.24) is 9.80 Å². The largest absolute Gasteiger partial charge is 0.507 e. The number of amides is 1. The molecule has 0 saturated carbocycles. The number of hydrogen-bond donors (Lipinski definition) is 1. The Morgan fingerprint density at radius 3 is 2.42 bits per heavy atom. The van der Waals surface area contributed by atoms with Crippen LogP contribution in [-0.2, 0) is 20.9 Å². The van der Waals surface area contributed by atoms with Gasteiger partial charge in [0.05, 0.1) is 24.8 Å². The minimum atomic E-state index is -0.675. The lowest BCUT2D eigenvalue weighted by Crippen LogP contribution is -2.38. The number of benzene rings is 3. The lowest BCUT2D eigenvalue weighted by atomic mass is 9.94. The number of carbonyl (C=O) groups is 2. The van der Waals surface area contributed by atoms with Crippen LogP contribution in [0.5, 0.6) is 5.75 Å². The average Bonchev–Trinajstić information content (AvgIpc) is 3.22. The number of aliphatic hydroxyl groups is 1. The molecule has 7 nitrogen and oxygen atoms in total. The molecule has 5 rings (SSSR count). The zero-order valence-electron chi connectivity index (χ0n) is 22.5. The highest BCUT2D eigenvalue weighted by Crippen LogP contribution is 2.40. The molecule has 3 aromatic carbocycles. The molecule has 2 aliphatic rings. The fraction of sp³-hybridized carbons (Fsp3) is 0.312. The van der Waals surface area contributed by atoms with E-state index in [4.69, 9.17) is 9.47 Å². The predicted molar refractivity (Wildman–Crippen MR) is 157 cm³/mol. The maximum absolute atomic E-state index is 13.4. The van der Waals surface area contributed by atoms with Gasteiger partial charge in [-0.1, -0.05) is 58.4 Å². The molecule has 0 spiro atoms. The van der Waals surface area contributed by atoms with E-state index in [1.807, 2.05) is 67.6 Å². The number of halogens is 1. The molecule has 0 radical (unpaired) electrons. The Kier molecular flexibility index (Phi) is 8.99. The number of nitrogens with zero attached hydrogens (tertiary/aromatic N) is 2. The number of aryl methyl sites for hydroxylation is 1. The van der Waals surface area contributed by atoms with Crippen molar-refractivity contribution in [3.63, 3.8) is 0 Å². The van der Waals surface area contributed by atoms with E-state index in [2.05, 4.69) is 20.8 Å². The highest BCUT2D eigenvalue weighted by molar-refractivity contribution is 9.10. The van der Waals surface area contributed by atoms with Gasteiger partial charge >= 0.3 is 0 Å². The first-order valence-corrected chi connectivity index (χ1v) is 14.3. The maximum atomic E-state index is 13.4. The number of morpholine rings is 1. The number of likely N-dealkylation sites (tertiary alicyclic amines) is 1. The second-order valence-corrected chi connectivity index (χ2v) is 11.0. The molecule has 40 heavy (non-hydrogen) atoms. The van der Waals surface area contributed by atoms with E-state index in [9.17, 15) is 14.7 Å². The fourth-order valence-corrected chi connectivity index (χ4v) is 5.53. The van der Waals surface area contributed by atoms with Gasteiger partial charge in [-0.2, -0.15) is 0 Å². The van der Waals surface area contributed by atoms with Gasteiger partial charge in [-0.25, -0.2) is 0 Å². The molecule has 2 saturated heterocycles. The lowest BCUT2D eigenvalue weighted by molar-refractivity contribution is -0.140. The van der Waals surface area contributed by atoms with Crippen LogP contribution >= 0.6 is 15.9 Å². The molecule has 1 unspecified atom stereocenters. The predicted octanol–water partition coefficient (Wildman–Crippen LogP) is 5.48. The van der Waals surface area contributed by atoms with Gasteiger partial charge in [0.25, 0.3) is 11.7 Å². The van der Waals surface area contributed by atoms with Gasteiger partial charge in [0.15, 0.2) is 0 Å². The third kappa shape index (κ3) is 6.30. The number of ketones is 1. The summed E-state index contributed by atoms with van der Waals surface area (Å²) < 4.78 is 12.3. The third-order valence-corrected chi connectivity index (χ3v) is 7.93. The highest BCUT2D eigenvalue weighted by atomic mass is 79.9. The van der Waals surface area contributed by atoms with Crippen molar-refractivity contribution in [1.29, 1.82) is 0 Å². The Balaban J connectivity index is 1.42. The summed E-state index contributed by atoms with van der Waals surface area (Å²) in [5.74, 6) is -0.766. The van der Waals surface area contributed by atoms with Crippen molar-refractivity contribution in [3.05, 3.63) is 105 Å². The summed E-state index contributed by atoms with van der Waals surface area (Å²) in [4.78, 5) is 30.6. The number of Topliss-reactive ketones (excluding diaryl/α,β-unsaturated/α-hetero) is 1. The topological polar surface area (TPSA) is 79.3 Å². The number of aliphatic hydroxyl groups excluding tert-OH is 1. The van der Waals surface area contributed by atoms with E-state index in [0.717, 1.165) is 40.8 Å². The molecular weight excluding hydrogens is 572 g/mol. The highest BCUT2D eigenvalue weighted by Gasteiger charge is 2.46. The van der Waals surface area contributed by atoms with Crippen LogP contribution in [0, 0.1) is 6.92 Å². The first kappa shape index (κ1) is 28.1. The molecule has 0 bridgehead atoms. The van der Waals surface area contributed by atoms with E-state index in [-0.39, 0.29) is 11.3 Å². The van der Waals surface area contributed by atoms with Crippen molar-refractivity contribution in [3.8, 4) is 5.75 Å². The Hall–Kier alpha value is -3.46. The molecule has 1 amide bonds. The zero-order valence-corrected chi connectivity index (χ0v) is 24.1. The number of rotatable bonds is 9. The van der Waals surface area contributed by atoms with Gasteiger partial charge in [0, 0.05) is 36.2 Å². The van der Waals surface area contributed by atoms with Crippen molar-refractivity contribution in [2.24, 2.45) is 0 Å². The molecule has 208 valence electrons. The molecule has 0 aliphatic carbocycles. The Bertz CT molecular complexity index is 1380. The number of carbonyl (C=O) groups excluding carboxylic acids is 2. The van der Waals surface area contributed by atoms with Gasteiger partial charge in [0.2, 0.25) is 0 Å². The fourth-order valence-electron chi connectivity index (χ4n) is 5.27. The number of ether oxygens (including phenoxy) is 2. The standard InChI is InChI=1S/C32H33BrN2O5/c1-22-20-26(40-21-23-6-3-2-4-7-23)12-13-27(22)30(36)28-29(24-8-10-25(33)11-9-24)35(32(38)31(28)37)15-5-14-34-16-18-39-19-17-34/h2-4,6-13,20,29,36H,5,14-19,21H2,1H3. The van der Waals surface area contributed by atoms with Crippen molar-refractivity contribution in [2.45, 2.75) is 26.0 Å². The van der Waals surface area contributed by atoms with Crippen LogP contribution < -0.4 is 4.74 Å². The van der Waals surface area contributed by atoms with E-state index in [0.29, 0.717) is 44.1 Å². The van der Waals surface area contributed by atoms with Crippen LogP contribution in [0.3, 0.4) is 0 Å². The Morgan fingerprint density at radius 2 is 1.73 bits per heavy atom. The van der Waals surface area contributed by atoms with E-state index < -0.39 is 17.7 Å². The summed E-state index contributed by atoms with van der Waals surface area (Å²) in [7, 11) is 0. The van der Waals surface area contributed by atoms with E-state index in [1.165, 1.54) is 0 Å². The van der Waals surface area contributed by atoms with Crippen molar-refractivity contribution >= 4 is 33.4 Å². The maximum Gasteiger partial charge on any atom is 0.295 e. The average molecular weight is 606 g/mol. The van der Waals surface area contributed by atoms with Crippen molar-refractivity contribution in [2.75, 3.05) is 39.4 Å². The van der Waals surface area contributed by atoms with Crippen LogP contribution in [0.25, 0.3) is 5.76 Å². The molecule has 3 aromatic rings. The monoisotopic (exact) mass is 604 g/mol. The zero-order chi connectivity index (χ0) is 28.1.